The summed E-state index contributed by atoms with van der Waals surface area (Å²) >= 11 is 0. The van der Waals surface area contributed by atoms with Crippen LogP contribution >= 0.6 is 0 Å². The number of halogens is 3. The fourth-order valence-corrected chi connectivity index (χ4v) is 1.82. The van der Waals surface area contributed by atoms with Crippen LogP contribution < -0.4 is 0 Å². The maximum atomic E-state index is 12.0. The molecule has 0 aromatic heterocycles. The number of hydrogen-bond acceptors (Lipinski definition) is 3. The molecule has 0 spiro atoms. The van der Waals surface area contributed by atoms with Gasteiger partial charge >= 0.3 is 15.6 Å². The molecular weight excluding hydrogens is 269 g/mol. The molecule has 0 saturated carbocycles. The molecular formula is C11H19F3O3S. The molecule has 0 aliphatic heterocycles. The zero-order chi connectivity index (χ0) is 14.2. The Hall–Kier alpha value is -0.720. The van der Waals surface area contributed by atoms with Gasteiger partial charge in [-0.25, -0.2) is 0 Å². The van der Waals surface area contributed by atoms with Gasteiger partial charge in [0.15, 0.2) is 0 Å². The van der Waals surface area contributed by atoms with Crippen molar-refractivity contribution in [3.05, 3.63) is 11.8 Å². The van der Waals surface area contributed by atoms with Gasteiger partial charge in [0, 0.05) is 0 Å². The second kappa shape index (κ2) is 7.66. The van der Waals surface area contributed by atoms with E-state index in [1.54, 1.807) is 0 Å². The first kappa shape index (κ1) is 17.3. The highest BCUT2D eigenvalue weighted by Gasteiger charge is 2.48. The number of hydrogen-bond donors (Lipinski definition) is 0. The Bertz CT molecular complexity index is 358. The summed E-state index contributed by atoms with van der Waals surface area (Å²) in [5.41, 5.74) is -5.37. The van der Waals surface area contributed by atoms with Crippen molar-refractivity contribution < 1.29 is 25.8 Å². The van der Waals surface area contributed by atoms with Gasteiger partial charge in [-0.3, -0.25) is 0 Å². The van der Waals surface area contributed by atoms with Crippen molar-refractivity contribution >= 4 is 10.1 Å². The van der Waals surface area contributed by atoms with E-state index in [4.69, 9.17) is 0 Å². The van der Waals surface area contributed by atoms with Crippen molar-refractivity contribution in [1.82, 2.24) is 0 Å². The van der Waals surface area contributed by atoms with Crippen molar-refractivity contribution in [2.75, 3.05) is 0 Å². The van der Waals surface area contributed by atoms with E-state index < -0.39 is 15.6 Å². The monoisotopic (exact) mass is 288 g/mol. The summed E-state index contributed by atoms with van der Waals surface area (Å²) in [5.74, 6) is -0.234. The van der Waals surface area contributed by atoms with Crippen molar-refractivity contribution in [1.29, 1.82) is 0 Å². The zero-order valence-electron chi connectivity index (χ0n) is 10.6. The standard InChI is InChI=1S/C11H19F3O3S/c1-3-4-5-6-7-8-9-10(2)17-18(15,16)11(12,13)14/h9H,3-8H2,1-2H3. The van der Waals surface area contributed by atoms with Crippen molar-refractivity contribution in [3.8, 4) is 0 Å². The van der Waals surface area contributed by atoms with Gasteiger partial charge in [-0.15, -0.1) is 0 Å². The second-order valence-corrected chi connectivity index (χ2v) is 5.54. The zero-order valence-corrected chi connectivity index (χ0v) is 11.4. The average Bonchev–Trinajstić information content (AvgIpc) is 2.20. The smallest absolute Gasteiger partial charge is 0.381 e. The van der Waals surface area contributed by atoms with Crippen LogP contribution in [0.25, 0.3) is 0 Å². The lowest BCUT2D eigenvalue weighted by Crippen LogP contribution is -2.24. The first-order valence-corrected chi connectivity index (χ1v) is 7.29. The summed E-state index contributed by atoms with van der Waals surface area (Å²) in [6.07, 6.45) is 6.99. The third-order valence-electron chi connectivity index (χ3n) is 2.26. The molecule has 0 aliphatic rings. The maximum absolute atomic E-state index is 12.0. The first-order valence-electron chi connectivity index (χ1n) is 5.88. The van der Waals surface area contributed by atoms with Gasteiger partial charge in [0.25, 0.3) is 0 Å². The molecule has 0 unspecified atom stereocenters. The van der Waals surface area contributed by atoms with E-state index in [9.17, 15) is 21.6 Å². The van der Waals surface area contributed by atoms with Crippen molar-refractivity contribution in [2.45, 2.75) is 57.9 Å². The van der Waals surface area contributed by atoms with E-state index in [2.05, 4.69) is 11.1 Å². The van der Waals surface area contributed by atoms with Crippen LogP contribution in [-0.4, -0.2) is 13.9 Å². The Morgan fingerprint density at radius 2 is 1.72 bits per heavy atom. The van der Waals surface area contributed by atoms with Crippen LogP contribution in [0.1, 0.15) is 52.4 Å². The fourth-order valence-electron chi connectivity index (χ4n) is 1.31. The molecule has 18 heavy (non-hydrogen) atoms. The molecule has 0 atom stereocenters. The highest BCUT2D eigenvalue weighted by molar-refractivity contribution is 7.87. The van der Waals surface area contributed by atoms with E-state index in [1.165, 1.54) is 13.0 Å². The summed E-state index contributed by atoms with van der Waals surface area (Å²) in [5, 5.41) is 0. The number of alkyl halides is 3. The Morgan fingerprint density at radius 3 is 2.22 bits per heavy atom. The van der Waals surface area contributed by atoms with Crippen LogP contribution in [0.15, 0.2) is 11.8 Å². The molecule has 3 nitrogen and oxygen atoms in total. The van der Waals surface area contributed by atoms with Crippen LogP contribution in [0.5, 0.6) is 0 Å². The molecule has 0 aromatic carbocycles. The molecule has 0 heterocycles. The van der Waals surface area contributed by atoms with Gasteiger partial charge in [0.05, 0.1) is 0 Å². The largest absolute Gasteiger partial charge is 0.534 e. The van der Waals surface area contributed by atoms with Crippen LogP contribution in [0.3, 0.4) is 0 Å². The van der Waals surface area contributed by atoms with E-state index in [-0.39, 0.29) is 5.76 Å². The predicted octanol–water partition coefficient (Wildman–Crippen LogP) is 4.12. The molecule has 0 bridgehead atoms. The van der Waals surface area contributed by atoms with Crippen LogP contribution in [0.2, 0.25) is 0 Å². The van der Waals surface area contributed by atoms with Gasteiger partial charge in [0.2, 0.25) is 0 Å². The molecule has 0 saturated heterocycles. The Kier molecular flexibility index (Phi) is 7.35. The highest BCUT2D eigenvalue weighted by atomic mass is 32.2. The first-order chi connectivity index (χ1) is 8.20. The van der Waals surface area contributed by atoms with E-state index in [0.29, 0.717) is 6.42 Å². The molecule has 0 fully saturated rings. The highest BCUT2D eigenvalue weighted by Crippen LogP contribution is 2.26. The van der Waals surface area contributed by atoms with Gasteiger partial charge < -0.3 is 4.18 Å². The van der Waals surface area contributed by atoms with Crippen LogP contribution in [0.4, 0.5) is 13.2 Å². The molecule has 7 heteroatoms. The fraction of sp³-hybridized carbons (Fsp3) is 0.818. The Labute approximate surface area is 106 Å². The lowest BCUT2D eigenvalue weighted by Gasteiger charge is -2.09. The third kappa shape index (κ3) is 6.88. The van der Waals surface area contributed by atoms with Crippen molar-refractivity contribution in [3.63, 3.8) is 0 Å². The molecule has 0 rings (SSSR count). The minimum absolute atomic E-state index is 0.234. The summed E-state index contributed by atoms with van der Waals surface area (Å²) in [7, 11) is -5.52. The molecule has 0 aromatic rings. The van der Waals surface area contributed by atoms with Gasteiger partial charge in [-0.2, -0.15) is 21.6 Å². The van der Waals surface area contributed by atoms with E-state index in [0.717, 1.165) is 32.1 Å². The second-order valence-electron chi connectivity index (χ2n) is 4.00. The molecule has 0 amide bonds. The summed E-state index contributed by atoms with van der Waals surface area (Å²) in [6, 6.07) is 0. The normalized spacial score (nSPS) is 13.7. The van der Waals surface area contributed by atoms with Gasteiger partial charge in [-0.05, 0) is 25.8 Å². The van der Waals surface area contributed by atoms with E-state index in [1.807, 2.05) is 0 Å². The summed E-state index contributed by atoms with van der Waals surface area (Å²) < 4.78 is 61.2. The predicted molar refractivity (Wildman–Crippen MR) is 63.2 cm³/mol. The molecule has 108 valence electrons. The minimum Gasteiger partial charge on any atom is -0.381 e. The molecule has 0 N–H and O–H groups in total. The summed E-state index contributed by atoms with van der Waals surface area (Å²) in [4.78, 5) is 0. The van der Waals surface area contributed by atoms with Gasteiger partial charge in [-0.1, -0.05) is 32.6 Å². The minimum atomic E-state index is -5.52. The molecule has 0 radical (unpaired) electrons. The number of allylic oxidation sites excluding steroid dienone is 2. The lowest BCUT2D eigenvalue weighted by molar-refractivity contribution is -0.0521. The van der Waals surface area contributed by atoms with Gasteiger partial charge in [0.1, 0.15) is 5.76 Å². The maximum Gasteiger partial charge on any atom is 0.534 e. The van der Waals surface area contributed by atoms with Crippen LogP contribution in [0, 0.1) is 0 Å². The Balaban J connectivity index is 4.06. The average molecular weight is 288 g/mol. The quantitative estimate of drug-likeness (QED) is 0.292. The lowest BCUT2D eigenvalue weighted by atomic mass is 10.1. The van der Waals surface area contributed by atoms with E-state index >= 15 is 0 Å². The number of unbranched alkanes of at least 4 members (excludes halogenated alkanes) is 5. The van der Waals surface area contributed by atoms with Crippen molar-refractivity contribution in [2.24, 2.45) is 0 Å². The SMILES string of the molecule is CCCCCCCC=C(C)OS(=O)(=O)C(F)(F)F. The summed E-state index contributed by atoms with van der Waals surface area (Å²) in [6.45, 7) is 3.29. The topological polar surface area (TPSA) is 43.4 Å². The van der Waals surface area contributed by atoms with Crippen LogP contribution in [-0.2, 0) is 14.3 Å². The Morgan fingerprint density at radius 1 is 1.17 bits per heavy atom. The third-order valence-corrected chi connectivity index (χ3v) is 3.31. The molecule has 0 aliphatic carbocycles. The number of rotatable bonds is 8.